The van der Waals surface area contributed by atoms with Crippen LogP contribution in [-0.4, -0.2) is 29.9 Å². The molecule has 18 aromatic carbocycles. The summed E-state index contributed by atoms with van der Waals surface area (Å²) in [5.41, 5.74) is 20.7. The third-order valence-electron chi connectivity index (χ3n) is 23.1. The second-order valence-corrected chi connectivity index (χ2v) is 31.0. The van der Waals surface area contributed by atoms with Crippen LogP contribution in [-0.2, 0) is 0 Å². The van der Waals surface area contributed by atoms with Crippen LogP contribution < -0.4 is 0 Å². The molecule has 0 amide bonds. The highest BCUT2D eigenvalue weighted by molar-refractivity contribution is 7.26. The molecule has 0 saturated heterocycles. The smallest absolute Gasteiger partial charge is 0.164 e. The number of hydrogen-bond donors (Lipinski definition) is 0. The zero-order valence-corrected chi connectivity index (χ0v) is 62.8. The minimum atomic E-state index is 0.548. The minimum absolute atomic E-state index is 0.548. The molecule has 0 aliphatic carbocycles. The highest BCUT2D eigenvalue weighted by Crippen LogP contribution is 2.48. The maximum absolute atomic E-state index is 6.92. The van der Waals surface area contributed by atoms with Crippen molar-refractivity contribution in [1.82, 2.24) is 29.9 Å². The van der Waals surface area contributed by atoms with E-state index >= 15 is 0 Å². The van der Waals surface area contributed by atoms with Crippen molar-refractivity contribution in [3.05, 3.63) is 364 Å². The van der Waals surface area contributed by atoms with E-state index in [1.807, 2.05) is 59.9 Å². The molecular weight excluding hydrogens is 1440 g/mol. The molecule has 9 nitrogen and oxygen atoms in total. The Bertz CT molecular complexity index is 8240. The number of benzene rings is 18. The predicted octanol–water partition coefficient (Wildman–Crippen LogP) is 29.1. The Hall–Kier alpha value is -15.4. The first-order chi connectivity index (χ1) is 57.4. The molecule has 116 heavy (non-hydrogen) atoms. The van der Waals surface area contributed by atoms with Gasteiger partial charge in [0.1, 0.15) is 33.5 Å². The molecule has 0 aliphatic heterocycles. The number of para-hydroxylation sites is 3. The Labute approximate surface area is 667 Å². The van der Waals surface area contributed by atoms with E-state index < -0.39 is 0 Å². The fraction of sp³-hybridized carbons (Fsp3) is 0. The van der Waals surface area contributed by atoms with Gasteiger partial charge in [0.05, 0.1) is 0 Å². The first-order valence-electron chi connectivity index (χ1n) is 38.9. The first kappa shape index (κ1) is 65.4. The zero-order valence-electron chi connectivity index (χ0n) is 62.0. The molecule has 24 aromatic rings. The number of thiophene rings is 1. The van der Waals surface area contributed by atoms with E-state index in [0.29, 0.717) is 34.9 Å². The van der Waals surface area contributed by atoms with Crippen LogP contribution in [0.25, 0.3) is 253 Å². The van der Waals surface area contributed by atoms with Gasteiger partial charge in [-0.2, -0.15) is 0 Å². The standard InChI is InChI=1S/C106H60N6O3S/c1-3-17-68-53-70(45-37-61(68)15-1)63-33-43-67(44-34-63)102-108-104(112-106(110-102)88-59-79(60-93-97(88)84-20-6-9-28-90(84)114-93)80-22-14-32-95-99(80)85-21-7-10-31-94(85)116-95)77-52-40-65-38-46-75(57-78(65)58-77)74-50-49-72-54-71(47-48-73(72)55-74)64-35-41-66(42-36-64)101-107-103(76-51-39-62-16-2-4-18-69(62)56-76)111-105(109-101)87-26-13-30-92-98(87)86-25-11-24-82(100(86)115-92)81-23-12-29-91-96(81)83-19-5-8-27-89(83)113-91/h1-60H. The van der Waals surface area contributed by atoms with Gasteiger partial charge < -0.3 is 13.3 Å². The molecule has 24 rings (SSSR count). The van der Waals surface area contributed by atoms with Crippen LogP contribution in [0.1, 0.15) is 0 Å². The molecule has 0 aliphatic rings. The van der Waals surface area contributed by atoms with Crippen LogP contribution in [0.3, 0.4) is 0 Å². The molecule has 0 spiro atoms. The van der Waals surface area contributed by atoms with E-state index in [9.17, 15) is 0 Å². The highest BCUT2D eigenvalue weighted by Gasteiger charge is 2.25. The van der Waals surface area contributed by atoms with Crippen molar-refractivity contribution in [2.45, 2.75) is 0 Å². The third-order valence-corrected chi connectivity index (χ3v) is 24.3. The summed E-state index contributed by atoms with van der Waals surface area (Å²) >= 11 is 1.81. The van der Waals surface area contributed by atoms with Crippen LogP contribution in [0.15, 0.2) is 377 Å². The lowest BCUT2D eigenvalue weighted by molar-refractivity contribution is 0.668. The molecule has 0 N–H and O–H groups in total. The van der Waals surface area contributed by atoms with E-state index in [2.05, 4.69) is 315 Å². The summed E-state index contributed by atoms with van der Waals surface area (Å²) in [6.45, 7) is 0. The van der Waals surface area contributed by atoms with Gasteiger partial charge in [-0.05, 0) is 178 Å². The number of furan rings is 3. The molecule has 10 heteroatoms. The predicted molar refractivity (Wildman–Crippen MR) is 478 cm³/mol. The normalized spacial score (nSPS) is 12.0. The number of nitrogens with zero attached hydrogens (tertiary/aromatic N) is 6. The van der Waals surface area contributed by atoms with Gasteiger partial charge in [0.25, 0.3) is 0 Å². The van der Waals surface area contributed by atoms with Crippen molar-refractivity contribution >= 4 is 140 Å². The molecule has 0 unspecified atom stereocenters. The Morgan fingerprint density at radius 1 is 0.172 bits per heavy atom. The van der Waals surface area contributed by atoms with Crippen LogP contribution in [0, 0.1) is 0 Å². The van der Waals surface area contributed by atoms with Crippen LogP contribution >= 0.6 is 11.3 Å². The van der Waals surface area contributed by atoms with Crippen molar-refractivity contribution < 1.29 is 13.3 Å². The van der Waals surface area contributed by atoms with Gasteiger partial charge in [-0.3, -0.25) is 0 Å². The quantitative estimate of drug-likeness (QED) is 0.125. The van der Waals surface area contributed by atoms with Crippen LogP contribution in [0.4, 0.5) is 0 Å². The Balaban J connectivity index is 0.573. The van der Waals surface area contributed by atoms with Gasteiger partial charge >= 0.3 is 0 Å². The van der Waals surface area contributed by atoms with Crippen molar-refractivity contribution in [2.24, 2.45) is 0 Å². The number of hydrogen-bond acceptors (Lipinski definition) is 10. The van der Waals surface area contributed by atoms with Crippen molar-refractivity contribution in [3.63, 3.8) is 0 Å². The summed E-state index contributed by atoms with van der Waals surface area (Å²) in [7, 11) is 0. The van der Waals surface area contributed by atoms with E-state index in [1.54, 1.807) is 0 Å². The lowest BCUT2D eigenvalue weighted by Gasteiger charge is -2.13. The van der Waals surface area contributed by atoms with Crippen molar-refractivity contribution in [1.29, 1.82) is 0 Å². The molecule has 0 fully saturated rings. The topological polar surface area (TPSA) is 117 Å². The van der Waals surface area contributed by atoms with Crippen LogP contribution in [0.2, 0.25) is 0 Å². The average molecular weight is 1500 g/mol. The SMILES string of the molecule is c1ccc2cc(-c3ccc(-c4nc(-c5ccc6ccc(-c7ccc8cc(-c9ccc(-c%10nc(-c%11ccc%12ccccc%12c%11)nc(-c%11cccc%12oc%13c(-c%14cccc%15oc%16ccccc%16c%14%15)cccc%13c%11%12)n%10)cc9)ccc8c7)cc6c5)nc(-c5cc(-c6cccc7sc8ccccc8c67)cc6oc7ccccc7c56)n4)cc3)ccc2c1. The molecule has 538 valence electrons. The van der Waals surface area contributed by atoms with Gasteiger partial charge in [0, 0.05) is 91.4 Å². The maximum atomic E-state index is 6.92. The van der Waals surface area contributed by atoms with E-state index in [1.165, 1.54) is 30.9 Å². The molecule has 0 radical (unpaired) electrons. The lowest BCUT2D eigenvalue weighted by Crippen LogP contribution is -2.01. The molecule has 6 heterocycles. The van der Waals surface area contributed by atoms with Crippen LogP contribution in [0.5, 0.6) is 0 Å². The van der Waals surface area contributed by atoms with Gasteiger partial charge in [-0.25, -0.2) is 29.9 Å². The van der Waals surface area contributed by atoms with E-state index in [0.717, 1.165) is 187 Å². The summed E-state index contributed by atoms with van der Waals surface area (Å²) in [5, 5.41) is 17.5. The second-order valence-electron chi connectivity index (χ2n) is 30.0. The lowest BCUT2D eigenvalue weighted by atomic mass is 9.95. The Kier molecular flexibility index (Phi) is 14.7. The van der Waals surface area contributed by atoms with Gasteiger partial charge in [-0.15, -0.1) is 11.3 Å². The average Bonchev–Trinajstić information content (AvgIpc) is 1.56. The minimum Gasteiger partial charge on any atom is -0.456 e. The summed E-state index contributed by atoms with van der Waals surface area (Å²) in [5.74, 6) is 3.37. The second kappa shape index (κ2) is 26.1. The molecule has 0 atom stereocenters. The van der Waals surface area contributed by atoms with E-state index in [4.69, 9.17) is 43.2 Å². The number of rotatable bonds is 11. The van der Waals surface area contributed by atoms with Crippen molar-refractivity contribution in [3.8, 4) is 124 Å². The molecule has 0 bridgehead atoms. The fourth-order valence-corrected chi connectivity index (χ4v) is 18.6. The summed E-state index contributed by atoms with van der Waals surface area (Å²) in [6, 6.07) is 129. The van der Waals surface area contributed by atoms with Gasteiger partial charge in [0.15, 0.2) is 34.9 Å². The number of aromatic nitrogens is 6. The Morgan fingerprint density at radius 2 is 0.534 bits per heavy atom. The molecular formula is C106H60N6O3S. The summed E-state index contributed by atoms with van der Waals surface area (Å²) in [6.07, 6.45) is 0. The first-order valence-corrected chi connectivity index (χ1v) is 39.7. The van der Waals surface area contributed by atoms with Gasteiger partial charge in [0.2, 0.25) is 0 Å². The largest absolute Gasteiger partial charge is 0.456 e. The molecule has 6 aromatic heterocycles. The summed E-state index contributed by atoms with van der Waals surface area (Å²) in [4.78, 5) is 32.3. The summed E-state index contributed by atoms with van der Waals surface area (Å²) < 4.78 is 22.6. The fourth-order valence-electron chi connectivity index (χ4n) is 17.4. The highest BCUT2D eigenvalue weighted by atomic mass is 32.1. The third kappa shape index (κ3) is 10.9. The maximum Gasteiger partial charge on any atom is 0.164 e. The molecule has 0 saturated carbocycles. The van der Waals surface area contributed by atoms with Gasteiger partial charge in [-0.1, -0.05) is 279 Å². The number of fused-ring (bicyclic) bond motifs is 16. The monoisotopic (exact) mass is 1500 g/mol. The van der Waals surface area contributed by atoms with Crippen molar-refractivity contribution in [2.75, 3.05) is 0 Å². The zero-order chi connectivity index (χ0) is 76.1. The Morgan fingerprint density at radius 3 is 1.16 bits per heavy atom. The van der Waals surface area contributed by atoms with E-state index in [-0.39, 0.29) is 0 Å².